The van der Waals surface area contributed by atoms with E-state index in [-0.39, 0.29) is 0 Å². The molecule has 0 atom stereocenters. The second-order valence-electron chi connectivity index (χ2n) is 4.40. The zero-order valence-electron chi connectivity index (χ0n) is 11.1. The molecule has 0 saturated heterocycles. The van der Waals surface area contributed by atoms with Crippen molar-refractivity contribution in [2.45, 2.75) is 13.5 Å². The Hall–Kier alpha value is -1.47. The van der Waals surface area contributed by atoms with Crippen molar-refractivity contribution >= 4 is 42.5 Å². The number of nitrogens with zero attached hydrogens (tertiary/aromatic N) is 3. The molecule has 2 heterocycles. The number of carbonyl (C=O) groups is 1. The summed E-state index contributed by atoms with van der Waals surface area (Å²) >= 11 is 6.94. The van der Waals surface area contributed by atoms with Crippen LogP contribution in [0.25, 0.3) is 5.69 Å². The van der Waals surface area contributed by atoms with Crippen LogP contribution in [0.15, 0.2) is 34.0 Å². The molecule has 0 spiro atoms. The second-order valence-corrected chi connectivity index (χ2v) is 6.07. The van der Waals surface area contributed by atoms with Crippen LogP contribution >= 0.6 is 31.9 Å². The van der Waals surface area contributed by atoms with Gasteiger partial charge in [0, 0.05) is 10.0 Å². The van der Waals surface area contributed by atoms with Gasteiger partial charge in [-0.05, 0) is 41.1 Å². The predicted octanol–water partition coefficient (Wildman–Crippen LogP) is 3.47. The Labute approximate surface area is 138 Å². The summed E-state index contributed by atoms with van der Waals surface area (Å²) in [6.07, 6.45) is 1.63. The lowest BCUT2D eigenvalue weighted by Gasteiger charge is -2.09. The van der Waals surface area contributed by atoms with Gasteiger partial charge >= 0.3 is 5.97 Å². The third-order valence-corrected chi connectivity index (χ3v) is 4.31. The fourth-order valence-electron chi connectivity index (χ4n) is 2.22. The van der Waals surface area contributed by atoms with E-state index in [1.165, 1.54) is 0 Å². The normalized spacial score (nSPS) is 13.0. The van der Waals surface area contributed by atoms with E-state index in [1.807, 2.05) is 22.8 Å². The number of aliphatic imine (C=N–C) groups is 1. The molecule has 0 radical (unpaired) electrons. The number of ether oxygens (including phenoxy) is 1. The van der Waals surface area contributed by atoms with Gasteiger partial charge in [0.05, 0.1) is 24.5 Å². The Kier molecular flexibility index (Phi) is 3.95. The molecule has 1 aliphatic rings. The Morgan fingerprint density at radius 1 is 1.43 bits per heavy atom. The van der Waals surface area contributed by atoms with Gasteiger partial charge in [0.25, 0.3) is 0 Å². The first-order valence-electron chi connectivity index (χ1n) is 6.35. The number of imidazole rings is 1. The molecule has 0 aliphatic carbocycles. The number of fused-ring (bicyclic) bond motifs is 3. The van der Waals surface area contributed by atoms with Gasteiger partial charge in [0.1, 0.15) is 10.9 Å². The maximum Gasteiger partial charge on any atom is 0.358 e. The van der Waals surface area contributed by atoms with Crippen molar-refractivity contribution in [2.75, 3.05) is 6.61 Å². The molecule has 2 aromatic rings. The maximum absolute atomic E-state index is 12.0. The van der Waals surface area contributed by atoms with Crippen LogP contribution in [-0.4, -0.2) is 26.7 Å². The molecular weight excluding hydrogens is 402 g/mol. The molecule has 0 unspecified atom stereocenters. The third kappa shape index (κ3) is 2.55. The standard InChI is InChI=1S/C14H11Br2N3O2/c1-2-21-14(20)12-11-6-17-13(16)9-5-8(15)3-4-10(9)19(11)7-18-12/h3-5,7H,2,6H2,1H3. The molecular formula is C14H11Br2N3O2. The Balaban J connectivity index is 2.18. The topological polar surface area (TPSA) is 56.5 Å². The minimum atomic E-state index is -0.418. The molecule has 1 aliphatic heterocycles. The minimum Gasteiger partial charge on any atom is -0.461 e. The molecule has 1 aromatic carbocycles. The van der Waals surface area contributed by atoms with E-state index in [0.717, 1.165) is 26.0 Å². The van der Waals surface area contributed by atoms with E-state index in [2.05, 4.69) is 41.8 Å². The van der Waals surface area contributed by atoms with E-state index in [9.17, 15) is 4.79 Å². The molecule has 7 heteroatoms. The first-order valence-corrected chi connectivity index (χ1v) is 7.94. The van der Waals surface area contributed by atoms with E-state index >= 15 is 0 Å². The summed E-state index contributed by atoms with van der Waals surface area (Å²) in [4.78, 5) is 20.6. The molecule has 0 fully saturated rings. The molecule has 3 rings (SSSR count). The number of hydrogen-bond donors (Lipinski definition) is 0. The van der Waals surface area contributed by atoms with Gasteiger partial charge in [-0.25, -0.2) is 9.78 Å². The number of rotatable bonds is 2. The largest absolute Gasteiger partial charge is 0.461 e. The number of hydrogen-bond acceptors (Lipinski definition) is 4. The van der Waals surface area contributed by atoms with Crippen LogP contribution in [0.5, 0.6) is 0 Å². The van der Waals surface area contributed by atoms with Crippen LogP contribution in [0.4, 0.5) is 0 Å². The summed E-state index contributed by atoms with van der Waals surface area (Å²) in [5, 5.41) is 0. The van der Waals surface area contributed by atoms with E-state index < -0.39 is 5.97 Å². The first kappa shape index (κ1) is 14.5. The van der Waals surface area contributed by atoms with Crippen molar-refractivity contribution in [2.24, 2.45) is 4.99 Å². The van der Waals surface area contributed by atoms with Gasteiger partial charge in [0.2, 0.25) is 0 Å². The van der Waals surface area contributed by atoms with Crippen LogP contribution in [0.3, 0.4) is 0 Å². The molecule has 0 saturated carbocycles. The lowest BCUT2D eigenvalue weighted by Crippen LogP contribution is -2.09. The molecule has 108 valence electrons. The number of benzene rings is 1. The second kappa shape index (κ2) is 5.73. The van der Waals surface area contributed by atoms with Crippen LogP contribution in [-0.2, 0) is 11.3 Å². The fourth-order valence-corrected chi connectivity index (χ4v) is 3.02. The zero-order chi connectivity index (χ0) is 15.0. The highest BCUT2D eigenvalue weighted by atomic mass is 79.9. The number of carbonyl (C=O) groups excluding carboxylic acids is 1. The maximum atomic E-state index is 12.0. The van der Waals surface area contributed by atoms with Crippen molar-refractivity contribution in [3.63, 3.8) is 0 Å². The highest BCUT2D eigenvalue weighted by molar-refractivity contribution is 9.18. The molecule has 1 aromatic heterocycles. The lowest BCUT2D eigenvalue weighted by molar-refractivity contribution is 0.0518. The molecule has 0 amide bonds. The first-order chi connectivity index (χ1) is 10.1. The number of aromatic nitrogens is 2. The van der Waals surface area contributed by atoms with Gasteiger partial charge in [-0.1, -0.05) is 15.9 Å². The lowest BCUT2D eigenvalue weighted by atomic mass is 10.2. The van der Waals surface area contributed by atoms with Crippen molar-refractivity contribution < 1.29 is 9.53 Å². The van der Waals surface area contributed by atoms with Crippen LogP contribution in [0.1, 0.15) is 28.7 Å². The van der Waals surface area contributed by atoms with Gasteiger partial charge in [-0.15, -0.1) is 0 Å². The van der Waals surface area contributed by atoms with Crippen LogP contribution in [0, 0.1) is 0 Å². The van der Waals surface area contributed by atoms with Crippen molar-refractivity contribution in [3.05, 3.63) is 46.0 Å². The van der Waals surface area contributed by atoms with E-state index in [4.69, 9.17) is 4.74 Å². The van der Waals surface area contributed by atoms with Crippen LogP contribution < -0.4 is 0 Å². The minimum absolute atomic E-state index is 0.316. The summed E-state index contributed by atoms with van der Waals surface area (Å²) in [5.41, 5.74) is 2.91. The molecule has 5 nitrogen and oxygen atoms in total. The summed E-state index contributed by atoms with van der Waals surface area (Å²) in [6, 6.07) is 5.88. The van der Waals surface area contributed by atoms with E-state index in [1.54, 1.807) is 13.3 Å². The zero-order valence-corrected chi connectivity index (χ0v) is 14.3. The monoisotopic (exact) mass is 411 g/mol. The average molecular weight is 413 g/mol. The highest BCUT2D eigenvalue weighted by Gasteiger charge is 2.23. The van der Waals surface area contributed by atoms with Gasteiger partial charge < -0.3 is 4.74 Å². The van der Waals surface area contributed by atoms with Crippen LogP contribution in [0.2, 0.25) is 0 Å². The van der Waals surface area contributed by atoms with Gasteiger partial charge in [0.15, 0.2) is 5.69 Å². The van der Waals surface area contributed by atoms with Gasteiger partial charge in [-0.3, -0.25) is 9.56 Å². The smallest absolute Gasteiger partial charge is 0.358 e. The molecule has 21 heavy (non-hydrogen) atoms. The number of esters is 1. The quantitative estimate of drug-likeness (QED) is 0.709. The summed E-state index contributed by atoms with van der Waals surface area (Å²) in [5.74, 6) is -0.418. The Morgan fingerprint density at radius 2 is 2.24 bits per heavy atom. The van der Waals surface area contributed by atoms with Crippen molar-refractivity contribution in [1.29, 1.82) is 0 Å². The van der Waals surface area contributed by atoms with Crippen molar-refractivity contribution in [1.82, 2.24) is 9.55 Å². The molecule has 0 bridgehead atoms. The highest BCUT2D eigenvalue weighted by Crippen LogP contribution is 2.28. The van der Waals surface area contributed by atoms with Gasteiger partial charge in [-0.2, -0.15) is 0 Å². The SMILES string of the molecule is CCOC(=O)c1ncn2c1CN=C(Br)c1cc(Br)ccc1-2. The summed E-state index contributed by atoms with van der Waals surface area (Å²) in [6.45, 7) is 2.46. The van der Waals surface area contributed by atoms with Crippen molar-refractivity contribution in [3.8, 4) is 5.69 Å². The number of halogens is 2. The Morgan fingerprint density at radius 3 is 3.00 bits per heavy atom. The fraction of sp³-hybridized carbons (Fsp3) is 0.214. The predicted molar refractivity (Wildman–Crippen MR) is 86.4 cm³/mol. The summed E-state index contributed by atoms with van der Waals surface area (Å²) < 4.78 is 8.63. The molecule has 0 N–H and O–H groups in total. The van der Waals surface area contributed by atoms with E-state index in [0.29, 0.717) is 18.8 Å². The summed E-state index contributed by atoms with van der Waals surface area (Å²) in [7, 11) is 0. The average Bonchev–Trinajstić information content (AvgIpc) is 2.83. The Bertz CT molecular complexity index is 753. The third-order valence-electron chi connectivity index (χ3n) is 3.14.